The van der Waals surface area contributed by atoms with Crippen molar-refractivity contribution in [2.45, 2.75) is 6.36 Å². The Labute approximate surface area is 115 Å². The van der Waals surface area contributed by atoms with E-state index in [0.29, 0.717) is 9.90 Å². The molecule has 7 heteroatoms. The van der Waals surface area contributed by atoms with E-state index in [2.05, 4.69) is 4.74 Å². The number of hydrogen-bond acceptors (Lipinski definition) is 3. The Bertz CT molecular complexity index is 590. The van der Waals surface area contributed by atoms with Crippen molar-refractivity contribution in [1.29, 1.82) is 0 Å². The molecule has 0 saturated carbocycles. The van der Waals surface area contributed by atoms with Gasteiger partial charge >= 0.3 is 6.36 Å². The van der Waals surface area contributed by atoms with E-state index in [0.717, 1.165) is 12.1 Å². The molecular formula is C12H6ClF3O2S. The molecule has 2 aromatic rings. The standard InChI is InChI=1S/C12H6ClF3O2S/c13-9-5-6-19-11(9)10(17)7-1-3-8(4-2-7)18-12(14,15)16/h1-6H. The number of halogens is 4. The molecule has 0 amide bonds. The SMILES string of the molecule is O=C(c1ccc(OC(F)(F)F)cc1)c1sccc1Cl. The molecule has 100 valence electrons. The van der Waals surface area contributed by atoms with Crippen LogP contribution < -0.4 is 4.74 Å². The highest BCUT2D eigenvalue weighted by molar-refractivity contribution is 7.13. The summed E-state index contributed by atoms with van der Waals surface area (Å²) < 4.78 is 39.6. The number of carbonyl (C=O) groups is 1. The summed E-state index contributed by atoms with van der Waals surface area (Å²) in [6.07, 6.45) is -4.75. The first-order valence-corrected chi connectivity index (χ1v) is 6.26. The second kappa shape index (κ2) is 5.22. The normalized spacial score (nSPS) is 11.4. The lowest BCUT2D eigenvalue weighted by molar-refractivity contribution is -0.274. The van der Waals surface area contributed by atoms with Crippen LogP contribution in [0.3, 0.4) is 0 Å². The zero-order chi connectivity index (χ0) is 14.0. The molecule has 0 bridgehead atoms. The number of alkyl halides is 3. The van der Waals surface area contributed by atoms with Crippen molar-refractivity contribution in [2.75, 3.05) is 0 Å². The van der Waals surface area contributed by atoms with Crippen LogP contribution in [0.5, 0.6) is 5.75 Å². The van der Waals surface area contributed by atoms with Crippen LogP contribution in [0.2, 0.25) is 5.02 Å². The molecule has 0 atom stereocenters. The Morgan fingerprint density at radius 2 is 1.79 bits per heavy atom. The molecule has 0 aliphatic rings. The summed E-state index contributed by atoms with van der Waals surface area (Å²) in [6, 6.07) is 6.28. The molecule has 0 spiro atoms. The van der Waals surface area contributed by atoms with Crippen LogP contribution >= 0.6 is 22.9 Å². The largest absolute Gasteiger partial charge is 0.573 e. The van der Waals surface area contributed by atoms with Crippen LogP contribution in [-0.2, 0) is 0 Å². The highest BCUT2D eigenvalue weighted by Gasteiger charge is 2.31. The van der Waals surface area contributed by atoms with Gasteiger partial charge < -0.3 is 4.74 Å². The van der Waals surface area contributed by atoms with Gasteiger partial charge in [-0.15, -0.1) is 24.5 Å². The monoisotopic (exact) mass is 306 g/mol. The van der Waals surface area contributed by atoms with Crippen molar-refractivity contribution >= 4 is 28.7 Å². The lowest BCUT2D eigenvalue weighted by Gasteiger charge is -2.08. The predicted octanol–water partition coefficient (Wildman–Crippen LogP) is 4.53. The lowest BCUT2D eigenvalue weighted by atomic mass is 10.1. The third-order valence-corrected chi connectivity index (χ3v) is 3.51. The summed E-state index contributed by atoms with van der Waals surface area (Å²) in [6.45, 7) is 0. The van der Waals surface area contributed by atoms with E-state index < -0.39 is 6.36 Å². The maximum atomic E-state index is 12.0. The van der Waals surface area contributed by atoms with Gasteiger partial charge in [0.25, 0.3) is 0 Å². The van der Waals surface area contributed by atoms with Crippen molar-refractivity contribution in [3.63, 3.8) is 0 Å². The molecule has 0 unspecified atom stereocenters. The maximum absolute atomic E-state index is 12.0. The van der Waals surface area contributed by atoms with Gasteiger partial charge in [0.1, 0.15) is 5.75 Å². The number of carbonyl (C=O) groups excluding carboxylic acids is 1. The van der Waals surface area contributed by atoms with Crippen molar-refractivity contribution in [2.24, 2.45) is 0 Å². The summed E-state index contributed by atoms with van der Waals surface area (Å²) in [5.41, 5.74) is 0.249. The summed E-state index contributed by atoms with van der Waals surface area (Å²) >= 11 is 6.99. The van der Waals surface area contributed by atoms with Crippen molar-refractivity contribution in [3.8, 4) is 5.75 Å². The number of thiophene rings is 1. The van der Waals surface area contributed by atoms with Gasteiger partial charge in [-0.1, -0.05) is 11.6 Å². The highest BCUT2D eigenvalue weighted by Crippen LogP contribution is 2.27. The molecule has 2 rings (SSSR count). The van der Waals surface area contributed by atoms with Crippen molar-refractivity contribution in [1.82, 2.24) is 0 Å². The number of hydrogen-bond donors (Lipinski definition) is 0. The highest BCUT2D eigenvalue weighted by atomic mass is 35.5. The molecule has 1 aromatic carbocycles. The van der Waals surface area contributed by atoms with Crippen LogP contribution in [0.1, 0.15) is 15.2 Å². The van der Waals surface area contributed by atoms with Crippen LogP contribution in [-0.4, -0.2) is 12.1 Å². The number of ether oxygens (including phenoxy) is 1. The minimum absolute atomic E-state index is 0.249. The zero-order valence-electron chi connectivity index (χ0n) is 9.20. The molecule has 0 aliphatic heterocycles. The Morgan fingerprint density at radius 3 is 2.26 bits per heavy atom. The van der Waals surface area contributed by atoms with Gasteiger partial charge in [-0.25, -0.2) is 0 Å². The summed E-state index contributed by atoms with van der Waals surface area (Å²) in [5, 5.41) is 1.99. The number of benzene rings is 1. The Balaban J connectivity index is 2.19. The second-order valence-electron chi connectivity index (χ2n) is 3.50. The fourth-order valence-electron chi connectivity index (χ4n) is 1.39. The molecule has 0 saturated heterocycles. The zero-order valence-corrected chi connectivity index (χ0v) is 10.8. The topological polar surface area (TPSA) is 26.3 Å². The van der Waals surface area contributed by atoms with E-state index in [1.54, 1.807) is 11.4 Å². The number of rotatable bonds is 3. The predicted molar refractivity (Wildman–Crippen MR) is 65.9 cm³/mol. The molecule has 1 aromatic heterocycles. The molecule has 2 nitrogen and oxygen atoms in total. The van der Waals surface area contributed by atoms with E-state index in [-0.39, 0.29) is 17.1 Å². The molecule has 0 fully saturated rings. The van der Waals surface area contributed by atoms with Crippen LogP contribution in [0.15, 0.2) is 35.7 Å². The van der Waals surface area contributed by atoms with Gasteiger partial charge in [0.2, 0.25) is 5.78 Å². The van der Waals surface area contributed by atoms with Gasteiger partial charge in [0.15, 0.2) is 0 Å². The molecule has 0 aliphatic carbocycles. The van der Waals surface area contributed by atoms with Crippen LogP contribution in [0, 0.1) is 0 Å². The van der Waals surface area contributed by atoms with Crippen LogP contribution in [0.4, 0.5) is 13.2 Å². The third-order valence-electron chi connectivity index (χ3n) is 2.17. The molecule has 1 heterocycles. The first kappa shape index (κ1) is 13.9. The minimum atomic E-state index is -4.75. The molecule has 19 heavy (non-hydrogen) atoms. The summed E-state index contributed by atoms with van der Waals surface area (Å²) in [7, 11) is 0. The van der Waals surface area contributed by atoms with Gasteiger partial charge in [-0.05, 0) is 35.7 Å². The first-order valence-electron chi connectivity index (χ1n) is 5.00. The molecular weight excluding hydrogens is 301 g/mol. The Morgan fingerprint density at radius 1 is 1.16 bits per heavy atom. The van der Waals surface area contributed by atoms with Gasteiger partial charge in [-0.3, -0.25) is 4.79 Å². The van der Waals surface area contributed by atoms with E-state index in [1.807, 2.05) is 0 Å². The van der Waals surface area contributed by atoms with Crippen molar-refractivity contribution < 1.29 is 22.7 Å². The summed E-state index contributed by atoms with van der Waals surface area (Å²) in [5.74, 6) is -0.708. The van der Waals surface area contributed by atoms with Gasteiger partial charge in [-0.2, -0.15) is 0 Å². The first-order chi connectivity index (χ1) is 8.87. The van der Waals surface area contributed by atoms with E-state index in [9.17, 15) is 18.0 Å². The Hall–Kier alpha value is -1.53. The fourth-order valence-corrected chi connectivity index (χ4v) is 2.50. The minimum Gasteiger partial charge on any atom is -0.406 e. The quantitative estimate of drug-likeness (QED) is 0.779. The number of ketones is 1. The lowest BCUT2D eigenvalue weighted by Crippen LogP contribution is -2.17. The Kier molecular flexibility index (Phi) is 3.82. The fraction of sp³-hybridized carbons (Fsp3) is 0.0833. The maximum Gasteiger partial charge on any atom is 0.573 e. The van der Waals surface area contributed by atoms with Gasteiger partial charge in [0.05, 0.1) is 9.90 Å². The molecule has 0 N–H and O–H groups in total. The third kappa shape index (κ3) is 3.48. The summed E-state index contributed by atoms with van der Waals surface area (Å²) in [4.78, 5) is 12.3. The van der Waals surface area contributed by atoms with E-state index in [4.69, 9.17) is 11.6 Å². The average Bonchev–Trinajstić information content (AvgIpc) is 2.73. The van der Waals surface area contributed by atoms with E-state index >= 15 is 0 Å². The smallest absolute Gasteiger partial charge is 0.406 e. The van der Waals surface area contributed by atoms with Crippen LogP contribution in [0.25, 0.3) is 0 Å². The van der Waals surface area contributed by atoms with Crippen molar-refractivity contribution in [3.05, 3.63) is 51.2 Å². The van der Waals surface area contributed by atoms with Gasteiger partial charge in [0, 0.05) is 5.56 Å². The molecule has 0 radical (unpaired) electrons. The van der Waals surface area contributed by atoms with E-state index in [1.165, 1.54) is 23.5 Å². The second-order valence-corrected chi connectivity index (χ2v) is 4.82. The average molecular weight is 307 g/mol.